The number of hydrogen-bond donors (Lipinski definition) is 1. The Bertz CT molecular complexity index is 257. The molecular formula is C13H25NO2. The topological polar surface area (TPSA) is 52.3 Å². The normalized spacial score (nSPS) is 31.2. The van der Waals surface area contributed by atoms with E-state index in [9.17, 15) is 4.79 Å². The van der Waals surface area contributed by atoms with Gasteiger partial charge in [0, 0.05) is 5.54 Å². The van der Waals surface area contributed by atoms with Gasteiger partial charge in [-0.2, -0.15) is 0 Å². The summed E-state index contributed by atoms with van der Waals surface area (Å²) in [6.45, 7) is 6.63. The number of esters is 1. The maximum atomic E-state index is 11.5. The van der Waals surface area contributed by atoms with Crippen LogP contribution in [0, 0.1) is 11.3 Å². The molecule has 0 spiro atoms. The number of carbonyl (C=O) groups excluding carboxylic acids is 1. The summed E-state index contributed by atoms with van der Waals surface area (Å²) in [5, 5.41) is 0. The van der Waals surface area contributed by atoms with Gasteiger partial charge >= 0.3 is 5.97 Å². The van der Waals surface area contributed by atoms with Gasteiger partial charge in [0.25, 0.3) is 0 Å². The Labute approximate surface area is 98.7 Å². The van der Waals surface area contributed by atoms with E-state index in [1.165, 1.54) is 13.5 Å². The van der Waals surface area contributed by atoms with Gasteiger partial charge in [-0.05, 0) is 24.2 Å². The predicted molar refractivity (Wildman–Crippen MR) is 65.0 cm³/mol. The molecule has 0 saturated heterocycles. The molecular weight excluding hydrogens is 202 g/mol. The van der Waals surface area contributed by atoms with Crippen LogP contribution in [0.15, 0.2) is 0 Å². The van der Waals surface area contributed by atoms with E-state index in [1.54, 1.807) is 0 Å². The molecule has 2 unspecified atom stereocenters. The highest BCUT2D eigenvalue weighted by molar-refractivity contribution is 5.70. The van der Waals surface area contributed by atoms with Crippen molar-refractivity contribution in [2.45, 2.75) is 58.4 Å². The van der Waals surface area contributed by atoms with E-state index in [0.29, 0.717) is 12.3 Å². The molecule has 1 aliphatic carbocycles. The van der Waals surface area contributed by atoms with Crippen LogP contribution in [0.25, 0.3) is 0 Å². The minimum absolute atomic E-state index is 0.156. The Morgan fingerprint density at radius 1 is 1.44 bits per heavy atom. The van der Waals surface area contributed by atoms with E-state index in [1.807, 2.05) is 0 Å². The fraction of sp³-hybridized carbons (Fsp3) is 0.923. The van der Waals surface area contributed by atoms with Crippen LogP contribution in [-0.2, 0) is 9.53 Å². The van der Waals surface area contributed by atoms with Crippen LogP contribution in [0.4, 0.5) is 0 Å². The quantitative estimate of drug-likeness (QED) is 0.737. The third-order valence-electron chi connectivity index (χ3n) is 3.83. The first-order valence-electron chi connectivity index (χ1n) is 6.15. The number of nitrogens with two attached hydrogens (primary N) is 1. The Hall–Kier alpha value is -0.570. The summed E-state index contributed by atoms with van der Waals surface area (Å²) in [6.07, 6.45) is 4.76. The predicted octanol–water partition coefficient (Wildman–Crippen LogP) is 2.48. The first-order chi connectivity index (χ1) is 7.29. The fourth-order valence-corrected chi connectivity index (χ4v) is 3.11. The Morgan fingerprint density at radius 2 is 2.06 bits per heavy atom. The molecule has 1 rings (SSSR count). The molecule has 1 saturated carbocycles. The van der Waals surface area contributed by atoms with E-state index >= 15 is 0 Å². The second-order valence-electron chi connectivity index (χ2n) is 6.15. The summed E-state index contributed by atoms with van der Waals surface area (Å²) in [4.78, 5) is 11.5. The molecule has 0 bridgehead atoms. The molecule has 0 radical (unpaired) electrons. The zero-order chi connectivity index (χ0) is 12.4. The molecule has 3 nitrogen and oxygen atoms in total. The average Bonchev–Trinajstić information content (AvgIpc) is 2.15. The first kappa shape index (κ1) is 13.5. The number of hydrogen-bond acceptors (Lipinski definition) is 3. The van der Waals surface area contributed by atoms with Crippen molar-refractivity contribution < 1.29 is 9.53 Å². The van der Waals surface area contributed by atoms with Crippen LogP contribution in [0.5, 0.6) is 0 Å². The Kier molecular flexibility index (Phi) is 4.00. The maximum Gasteiger partial charge on any atom is 0.307 e. The summed E-state index contributed by atoms with van der Waals surface area (Å²) >= 11 is 0. The van der Waals surface area contributed by atoms with Gasteiger partial charge in [-0.25, -0.2) is 0 Å². The van der Waals surface area contributed by atoms with Crippen LogP contribution in [0.1, 0.15) is 52.9 Å². The molecule has 3 heteroatoms. The highest BCUT2D eigenvalue weighted by Crippen LogP contribution is 2.44. The van der Waals surface area contributed by atoms with Crippen molar-refractivity contribution in [2.75, 3.05) is 7.11 Å². The summed E-state index contributed by atoms with van der Waals surface area (Å²) in [7, 11) is 1.43. The van der Waals surface area contributed by atoms with E-state index in [0.717, 1.165) is 19.3 Å². The summed E-state index contributed by atoms with van der Waals surface area (Å²) in [5.74, 6) is 0.214. The fourth-order valence-electron chi connectivity index (χ4n) is 3.11. The Balaban J connectivity index is 2.83. The van der Waals surface area contributed by atoms with E-state index in [4.69, 9.17) is 10.5 Å². The smallest absolute Gasteiger partial charge is 0.307 e. The van der Waals surface area contributed by atoms with E-state index < -0.39 is 0 Å². The van der Waals surface area contributed by atoms with Gasteiger partial charge < -0.3 is 10.5 Å². The van der Waals surface area contributed by atoms with Gasteiger partial charge in [-0.1, -0.05) is 33.6 Å². The monoisotopic (exact) mass is 227 g/mol. The molecule has 0 amide bonds. The zero-order valence-corrected chi connectivity index (χ0v) is 11.0. The van der Waals surface area contributed by atoms with Gasteiger partial charge in [-0.15, -0.1) is 0 Å². The highest BCUT2D eigenvalue weighted by Gasteiger charge is 2.44. The van der Waals surface area contributed by atoms with E-state index in [-0.39, 0.29) is 16.9 Å². The lowest BCUT2D eigenvalue weighted by Crippen LogP contribution is -2.55. The van der Waals surface area contributed by atoms with Gasteiger partial charge in [0.15, 0.2) is 0 Å². The van der Waals surface area contributed by atoms with E-state index in [2.05, 4.69) is 20.8 Å². The molecule has 0 aromatic rings. The standard InChI is InChI=1S/C13H25NO2/c1-12(2,3)10-7-5-6-8-13(10,14)9-11(15)16-4/h10H,5-9,14H2,1-4H3. The van der Waals surface area contributed by atoms with Crippen LogP contribution in [0.2, 0.25) is 0 Å². The lowest BCUT2D eigenvalue weighted by Gasteiger charge is -2.47. The minimum Gasteiger partial charge on any atom is -0.469 e. The van der Waals surface area contributed by atoms with Gasteiger partial charge in [-0.3, -0.25) is 4.79 Å². The van der Waals surface area contributed by atoms with Gasteiger partial charge in [0.2, 0.25) is 0 Å². The molecule has 0 aliphatic heterocycles. The summed E-state index contributed by atoms with van der Waals surface area (Å²) in [6, 6.07) is 0. The molecule has 2 atom stereocenters. The average molecular weight is 227 g/mol. The van der Waals surface area contributed by atoms with Crippen molar-refractivity contribution in [1.82, 2.24) is 0 Å². The third kappa shape index (κ3) is 2.97. The minimum atomic E-state index is -0.371. The number of carbonyl (C=O) groups is 1. The summed E-state index contributed by atoms with van der Waals surface area (Å²) < 4.78 is 4.76. The van der Waals surface area contributed by atoms with Crippen LogP contribution in [0.3, 0.4) is 0 Å². The third-order valence-corrected chi connectivity index (χ3v) is 3.83. The van der Waals surface area contributed by atoms with Crippen LogP contribution >= 0.6 is 0 Å². The number of methoxy groups -OCH3 is 1. The molecule has 1 fully saturated rings. The molecule has 16 heavy (non-hydrogen) atoms. The molecule has 0 aromatic carbocycles. The molecule has 2 N–H and O–H groups in total. The van der Waals surface area contributed by atoms with Crippen molar-refractivity contribution in [3.05, 3.63) is 0 Å². The summed E-state index contributed by atoms with van der Waals surface area (Å²) in [5.41, 5.74) is 6.25. The maximum absolute atomic E-state index is 11.5. The lowest BCUT2D eigenvalue weighted by molar-refractivity contribution is -0.143. The van der Waals surface area contributed by atoms with Crippen molar-refractivity contribution >= 4 is 5.97 Å². The van der Waals surface area contributed by atoms with Crippen LogP contribution in [-0.4, -0.2) is 18.6 Å². The molecule has 94 valence electrons. The van der Waals surface area contributed by atoms with Crippen molar-refractivity contribution in [1.29, 1.82) is 0 Å². The molecule has 0 aromatic heterocycles. The van der Waals surface area contributed by atoms with Crippen molar-refractivity contribution in [2.24, 2.45) is 17.1 Å². The second kappa shape index (κ2) is 4.74. The number of rotatable bonds is 2. The van der Waals surface area contributed by atoms with Crippen LogP contribution < -0.4 is 5.73 Å². The van der Waals surface area contributed by atoms with Gasteiger partial charge in [0.05, 0.1) is 13.5 Å². The lowest BCUT2D eigenvalue weighted by atomic mass is 9.61. The largest absolute Gasteiger partial charge is 0.469 e. The number of ether oxygens (including phenoxy) is 1. The Morgan fingerprint density at radius 3 is 2.56 bits per heavy atom. The SMILES string of the molecule is COC(=O)CC1(N)CCCCC1C(C)(C)C. The first-order valence-corrected chi connectivity index (χ1v) is 6.15. The van der Waals surface area contributed by atoms with Gasteiger partial charge in [0.1, 0.15) is 0 Å². The second-order valence-corrected chi connectivity index (χ2v) is 6.15. The van der Waals surface area contributed by atoms with Crippen molar-refractivity contribution in [3.8, 4) is 0 Å². The molecule has 1 aliphatic rings. The highest BCUT2D eigenvalue weighted by atomic mass is 16.5. The van der Waals surface area contributed by atoms with Crippen molar-refractivity contribution in [3.63, 3.8) is 0 Å². The molecule has 0 heterocycles. The zero-order valence-electron chi connectivity index (χ0n) is 11.0.